The van der Waals surface area contributed by atoms with Gasteiger partial charge in [-0.3, -0.25) is 0 Å². The van der Waals surface area contributed by atoms with Crippen molar-refractivity contribution in [2.45, 2.75) is 51.3 Å². The molecular formula is C18H24F3N3O4S. The van der Waals surface area contributed by atoms with E-state index >= 15 is 0 Å². The number of likely N-dealkylation sites (tertiary alicyclic amines) is 1. The fourth-order valence-corrected chi connectivity index (χ4v) is 5.81. The SMILES string of the molecule is Cc1cc(C(F)(F)F)nc(C)c1S(=O)(=O)N1CC2(CN(C(=O)OC(C)(C)C)C2)C1. The average Bonchev–Trinajstić information content (AvgIpc) is 2.39. The van der Waals surface area contributed by atoms with Gasteiger partial charge in [0.05, 0.1) is 5.69 Å². The Morgan fingerprint density at radius 3 is 2.14 bits per heavy atom. The Balaban J connectivity index is 1.69. The van der Waals surface area contributed by atoms with Crippen LogP contribution in [0.2, 0.25) is 0 Å². The van der Waals surface area contributed by atoms with Crippen molar-refractivity contribution in [1.29, 1.82) is 0 Å². The Labute approximate surface area is 167 Å². The third-order valence-electron chi connectivity index (χ3n) is 4.94. The molecule has 162 valence electrons. The number of pyridine rings is 1. The van der Waals surface area contributed by atoms with Gasteiger partial charge in [-0.05, 0) is 46.2 Å². The van der Waals surface area contributed by atoms with Crippen molar-refractivity contribution in [3.05, 3.63) is 23.0 Å². The lowest BCUT2D eigenvalue weighted by atomic mass is 9.75. The molecule has 7 nitrogen and oxygen atoms in total. The molecule has 1 aromatic heterocycles. The molecule has 2 aliphatic heterocycles. The van der Waals surface area contributed by atoms with Crippen molar-refractivity contribution < 1.29 is 31.1 Å². The van der Waals surface area contributed by atoms with Crippen LogP contribution in [0, 0.1) is 19.3 Å². The van der Waals surface area contributed by atoms with Crippen molar-refractivity contribution in [1.82, 2.24) is 14.2 Å². The zero-order valence-electron chi connectivity index (χ0n) is 16.9. The number of sulfonamides is 1. The summed E-state index contributed by atoms with van der Waals surface area (Å²) in [5.74, 6) is 0. The van der Waals surface area contributed by atoms with Gasteiger partial charge in [-0.1, -0.05) is 0 Å². The molecule has 2 saturated heterocycles. The van der Waals surface area contributed by atoms with E-state index in [4.69, 9.17) is 4.74 Å². The third kappa shape index (κ3) is 4.07. The number of aryl methyl sites for hydroxylation is 2. The van der Waals surface area contributed by atoms with E-state index < -0.39 is 33.6 Å². The highest BCUT2D eigenvalue weighted by molar-refractivity contribution is 7.89. The largest absolute Gasteiger partial charge is 0.444 e. The molecule has 0 saturated carbocycles. The van der Waals surface area contributed by atoms with Gasteiger partial charge in [-0.15, -0.1) is 0 Å². The van der Waals surface area contributed by atoms with Crippen LogP contribution in [0.3, 0.4) is 0 Å². The lowest BCUT2D eigenvalue weighted by Crippen LogP contribution is -2.73. The number of carbonyl (C=O) groups excluding carboxylic acids is 1. The number of nitrogens with zero attached hydrogens (tertiary/aromatic N) is 3. The minimum atomic E-state index is -4.64. The predicted octanol–water partition coefficient (Wildman–Crippen LogP) is 2.96. The molecule has 3 rings (SSSR count). The summed E-state index contributed by atoms with van der Waals surface area (Å²) in [7, 11) is -3.97. The van der Waals surface area contributed by atoms with Gasteiger partial charge in [0.1, 0.15) is 16.2 Å². The Morgan fingerprint density at radius 1 is 1.14 bits per heavy atom. The number of hydrogen-bond donors (Lipinski definition) is 0. The number of ether oxygens (including phenoxy) is 1. The van der Waals surface area contributed by atoms with E-state index in [0.717, 1.165) is 6.07 Å². The van der Waals surface area contributed by atoms with Crippen LogP contribution >= 0.6 is 0 Å². The number of hydrogen-bond acceptors (Lipinski definition) is 5. The summed E-state index contributed by atoms with van der Waals surface area (Å²) in [6.45, 7) is 9.07. The fraction of sp³-hybridized carbons (Fsp3) is 0.667. The van der Waals surface area contributed by atoms with Crippen LogP contribution in [0.1, 0.15) is 37.7 Å². The molecule has 0 radical (unpaired) electrons. The van der Waals surface area contributed by atoms with Crippen LogP contribution in [-0.2, 0) is 20.9 Å². The van der Waals surface area contributed by atoms with Gasteiger partial charge < -0.3 is 9.64 Å². The summed E-state index contributed by atoms with van der Waals surface area (Å²) in [5.41, 5.74) is -2.22. The van der Waals surface area contributed by atoms with Crippen molar-refractivity contribution >= 4 is 16.1 Å². The van der Waals surface area contributed by atoms with Gasteiger partial charge in [0, 0.05) is 31.6 Å². The Hall–Kier alpha value is -1.88. The molecule has 2 fully saturated rings. The van der Waals surface area contributed by atoms with E-state index in [9.17, 15) is 26.4 Å². The molecule has 1 amide bonds. The highest BCUT2D eigenvalue weighted by atomic mass is 32.2. The predicted molar refractivity (Wildman–Crippen MR) is 97.7 cm³/mol. The van der Waals surface area contributed by atoms with Gasteiger partial charge in [-0.25, -0.2) is 18.2 Å². The maximum Gasteiger partial charge on any atom is 0.433 e. The second-order valence-corrected chi connectivity index (χ2v) is 10.7. The third-order valence-corrected chi connectivity index (χ3v) is 7.02. The highest BCUT2D eigenvalue weighted by Crippen LogP contribution is 2.43. The van der Waals surface area contributed by atoms with Gasteiger partial charge >= 0.3 is 12.3 Å². The standard InChI is InChI=1S/C18H24F3N3O4S/c1-11-6-13(18(19,20)21)22-12(2)14(11)29(26,27)24-9-17(10-24)7-23(8-17)15(25)28-16(3,4)5/h6H,7-10H2,1-5H3. The van der Waals surface area contributed by atoms with Crippen LogP contribution in [0.25, 0.3) is 0 Å². The maximum absolute atomic E-state index is 12.9. The lowest BCUT2D eigenvalue weighted by Gasteiger charge is -2.59. The Bertz CT molecular complexity index is 917. The van der Waals surface area contributed by atoms with Gasteiger partial charge in [0.25, 0.3) is 0 Å². The molecule has 0 bridgehead atoms. The van der Waals surface area contributed by atoms with E-state index in [1.807, 2.05) is 0 Å². The number of carbonyl (C=O) groups is 1. The summed E-state index contributed by atoms with van der Waals surface area (Å²) in [6.07, 6.45) is -5.08. The van der Waals surface area contributed by atoms with Crippen LogP contribution in [0.15, 0.2) is 11.0 Å². The summed E-state index contributed by atoms with van der Waals surface area (Å²) in [4.78, 5) is 16.8. The Morgan fingerprint density at radius 2 is 1.69 bits per heavy atom. The number of aromatic nitrogens is 1. The summed E-state index contributed by atoms with van der Waals surface area (Å²) < 4.78 is 71.1. The molecule has 2 aliphatic rings. The van der Waals surface area contributed by atoms with Gasteiger partial charge in [0.15, 0.2) is 0 Å². The van der Waals surface area contributed by atoms with Crippen molar-refractivity contribution in [2.75, 3.05) is 26.2 Å². The van der Waals surface area contributed by atoms with Crippen LogP contribution in [0.5, 0.6) is 0 Å². The minimum absolute atomic E-state index is 0.00904. The van der Waals surface area contributed by atoms with Crippen LogP contribution in [0.4, 0.5) is 18.0 Å². The minimum Gasteiger partial charge on any atom is -0.444 e. The topological polar surface area (TPSA) is 79.8 Å². The molecule has 3 heterocycles. The van der Waals surface area contributed by atoms with Crippen molar-refractivity contribution in [3.8, 4) is 0 Å². The molecule has 1 spiro atoms. The summed E-state index contributed by atoms with van der Waals surface area (Å²) >= 11 is 0. The highest BCUT2D eigenvalue weighted by Gasteiger charge is 2.57. The summed E-state index contributed by atoms with van der Waals surface area (Å²) in [5, 5.41) is 0. The molecule has 29 heavy (non-hydrogen) atoms. The number of rotatable bonds is 2. The monoisotopic (exact) mass is 435 g/mol. The first kappa shape index (κ1) is 21.8. The molecule has 1 aromatic rings. The molecule has 11 heteroatoms. The van der Waals surface area contributed by atoms with E-state index in [-0.39, 0.29) is 34.7 Å². The average molecular weight is 435 g/mol. The second-order valence-electron chi connectivity index (χ2n) is 8.85. The molecule has 0 atom stereocenters. The van der Waals surface area contributed by atoms with Gasteiger partial charge in [-0.2, -0.15) is 17.5 Å². The normalized spacial score (nSPS) is 19.7. The second kappa shape index (κ2) is 6.56. The van der Waals surface area contributed by atoms with E-state index in [2.05, 4.69) is 4.98 Å². The summed E-state index contributed by atoms with van der Waals surface area (Å²) in [6, 6.07) is 0.753. The smallest absolute Gasteiger partial charge is 0.433 e. The maximum atomic E-state index is 12.9. The van der Waals surface area contributed by atoms with E-state index in [1.54, 1.807) is 20.8 Å². The molecule has 0 aliphatic carbocycles. The molecule has 0 N–H and O–H groups in total. The fourth-order valence-electron chi connectivity index (χ4n) is 3.77. The van der Waals surface area contributed by atoms with Gasteiger partial charge in [0.2, 0.25) is 10.0 Å². The van der Waals surface area contributed by atoms with Crippen LogP contribution < -0.4 is 0 Å². The number of alkyl halides is 3. The van der Waals surface area contributed by atoms with E-state index in [0.29, 0.717) is 13.1 Å². The van der Waals surface area contributed by atoms with E-state index in [1.165, 1.54) is 23.1 Å². The lowest BCUT2D eigenvalue weighted by molar-refractivity contribution is -0.141. The number of halogens is 3. The molecule has 0 unspecified atom stereocenters. The van der Waals surface area contributed by atoms with Crippen LogP contribution in [-0.4, -0.2) is 60.5 Å². The first-order valence-corrected chi connectivity index (χ1v) is 10.5. The quantitative estimate of drug-likeness (QED) is 0.714. The zero-order valence-corrected chi connectivity index (χ0v) is 17.7. The molecular weight excluding hydrogens is 411 g/mol. The Kier molecular flexibility index (Phi) is 4.94. The van der Waals surface area contributed by atoms with Crippen molar-refractivity contribution in [3.63, 3.8) is 0 Å². The van der Waals surface area contributed by atoms with Crippen molar-refractivity contribution in [2.24, 2.45) is 5.41 Å². The number of amides is 1. The zero-order chi connectivity index (χ0) is 22.0. The first-order chi connectivity index (χ1) is 13.0. The molecule has 0 aromatic carbocycles. The first-order valence-electron chi connectivity index (χ1n) is 9.08.